The molecule has 2 amide bonds. The third kappa shape index (κ3) is 10.9. The molecule has 1 aromatic heterocycles. The normalized spacial score (nSPS) is 19.6. The van der Waals surface area contributed by atoms with Crippen LogP contribution in [0, 0.1) is 5.92 Å². The van der Waals surface area contributed by atoms with Gasteiger partial charge in [0.1, 0.15) is 0 Å². The molecule has 10 heteroatoms. The number of methoxy groups -OCH3 is 1. The zero-order valence-corrected chi connectivity index (χ0v) is 33.4. The minimum Gasteiger partial charge on any atom is -0.501 e. The maximum atomic E-state index is 14.0. The molecule has 3 heterocycles. The van der Waals surface area contributed by atoms with E-state index in [0.29, 0.717) is 43.7 Å². The molecule has 278 valence electrons. The molecule has 0 radical (unpaired) electrons. The Balaban J connectivity index is 0.00000135. The van der Waals surface area contributed by atoms with E-state index < -0.39 is 11.2 Å². The van der Waals surface area contributed by atoms with Crippen LogP contribution in [0.25, 0.3) is 16.6 Å². The zero-order valence-electron chi connectivity index (χ0n) is 32.6. The summed E-state index contributed by atoms with van der Waals surface area (Å²) >= 11 is -1.41. The van der Waals surface area contributed by atoms with E-state index in [1.807, 2.05) is 32.1 Å². The Kier molecular flexibility index (Phi) is 17.8. The van der Waals surface area contributed by atoms with Gasteiger partial charge >= 0.3 is 0 Å². The second-order valence-corrected chi connectivity index (χ2v) is 14.4. The van der Waals surface area contributed by atoms with Gasteiger partial charge in [0.05, 0.1) is 25.3 Å². The first-order valence-electron chi connectivity index (χ1n) is 18.2. The van der Waals surface area contributed by atoms with Gasteiger partial charge in [0, 0.05) is 87.0 Å². The minimum atomic E-state index is -1.41. The number of aromatic nitrogens is 1. The molecule has 50 heavy (non-hydrogen) atoms. The van der Waals surface area contributed by atoms with Gasteiger partial charge in [-0.3, -0.25) is 14.3 Å². The second kappa shape index (κ2) is 20.9. The molecule has 0 aliphatic carbocycles. The number of likely N-dealkylation sites (tertiary alicyclic amines) is 1. The Morgan fingerprint density at radius 3 is 2.26 bits per heavy atom. The molecule has 0 saturated carbocycles. The van der Waals surface area contributed by atoms with E-state index >= 15 is 0 Å². The van der Waals surface area contributed by atoms with Crippen LogP contribution in [0.15, 0.2) is 60.4 Å². The summed E-state index contributed by atoms with van der Waals surface area (Å²) in [4.78, 5) is 29.9. The van der Waals surface area contributed by atoms with Crippen LogP contribution in [0.2, 0.25) is 0 Å². The molecular weight excluding hydrogens is 647 g/mol. The number of benzene rings is 1. The van der Waals surface area contributed by atoms with Crippen molar-refractivity contribution in [2.24, 2.45) is 5.92 Å². The second-order valence-electron chi connectivity index (χ2n) is 13.0. The van der Waals surface area contributed by atoms with Gasteiger partial charge in [0.2, 0.25) is 5.91 Å². The van der Waals surface area contributed by atoms with Crippen LogP contribution in [0.1, 0.15) is 96.4 Å². The topological polar surface area (TPSA) is 87.1 Å². The van der Waals surface area contributed by atoms with E-state index in [0.717, 1.165) is 35.1 Å². The third-order valence-corrected chi connectivity index (χ3v) is 9.90. The standard InChI is InChI=1S/C34H47N5O4S.C4H10.C2H6/c1-9-12-30-29-18-17-25(24(3)35-44(42)37(6)7)19-31(29)39-22-26(34(41)38-20-27(21-38)33(40)36(4)5)14-11-16-28(43-8)15-10-13-23(2)32(30)39;1-3-4-2;1-2/h10,13-14,16-19,23,27,35H,3,9,11-12,15,20-22H2,1-2,4-8H3;3-4H2,1-2H3;1-2H3/b13-10-,26-14+,28-16+;;. The van der Waals surface area contributed by atoms with Crippen molar-refractivity contribution in [1.29, 1.82) is 0 Å². The molecule has 1 fully saturated rings. The maximum Gasteiger partial charge on any atom is 0.251 e. The highest BCUT2D eigenvalue weighted by atomic mass is 32.2. The van der Waals surface area contributed by atoms with Gasteiger partial charge in [-0.25, -0.2) is 8.51 Å². The van der Waals surface area contributed by atoms with Gasteiger partial charge in [-0.15, -0.1) is 0 Å². The Morgan fingerprint density at radius 2 is 1.70 bits per heavy atom. The molecule has 2 aromatic rings. The molecular formula is C40H63N5O4S. The number of aryl methyl sites for hydroxylation is 1. The van der Waals surface area contributed by atoms with Crippen molar-refractivity contribution in [3.8, 4) is 0 Å². The number of carbonyl (C=O) groups is 2. The molecule has 1 saturated heterocycles. The highest BCUT2D eigenvalue weighted by Gasteiger charge is 2.37. The number of carbonyl (C=O) groups excluding carboxylic acids is 2. The highest BCUT2D eigenvalue weighted by molar-refractivity contribution is 7.80. The average molecular weight is 710 g/mol. The molecule has 2 atom stereocenters. The number of allylic oxidation sites excluding steroid dienone is 4. The van der Waals surface area contributed by atoms with Crippen molar-refractivity contribution in [3.05, 3.63) is 77.2 Å². The lowest BCUT2D eigenvalue weighted by atomic mass is 9.96. The molecule has 1 N–H and O–H groups in total. The minimum absolute atomic E-state index is 0.0473. The zero-order chi connectivity index (χ0) is 37.5. The lowest BCUT2D eigenvalue weighted by Crippen LogP contribution is -2.56. The summed E-state index contributed by atoms with van der Waals surface area (Å²) < 4.78 is 25.0. The van der Waals surface area contributed by atoms with Gasteiger partial charge in [-0.05, 0) is 30.5 Å². The molecule has 0 bridgehead atoms. The number of hydrogen-bond donors (Lipinski definition) is 1. The van der Waals surface area contributed by atoms with Crippen molar-refractivity contribution in [1.82, 2.24) is 23.4 Å². The third-order valence-electron chi connectivity index (χ3n) is 8.81. The number of fused-ring (bicyclic) bond motifs is 3. The van der Waals surface area contributed by atoms with E-state index in [-0.39, 0.29) is 23.7 Å². The van der Waals surface area contributed by atoms with Crippen LogP contribution in [-0.2, 0) is 38.5 Å². The van der Waals surface area contributed by atoms with Crippen LogP contribution in [0.3, 0.4) is 0 Å². The largest absolute Gasteiger partial charge is 0.501 e. The summed E-state index contributed by atoms with van der Waals surface area (Å²) in [5.74, 6) is 0.773. The lowest BCUT2D eigenvalue weighted by molar-refractivity contribution is -0.144. The average Bonchev–Trinajstić information content (AvgIpc) is 3.38. The summed E-state index contributed by atoms with van der Waals surface area (Å²) in [6, 6.07) is 6.23. The van der Waals surface area contributed by atoms with Gasteiger partial charge in [0.15, 0.2) is 11.2 Å². The molecule has 1 aromatic carbocycles. The quantitative estimate of drug-likeness (QED) is 0.258. The number of rotatable bonds is 10. The summed E-state index contributed by atoms with van der Waals surface area (Å²) in [5.41, 5.74) is 5.54. The van der Waals surface area contributed by atoms with Gasteiger partial charge in [-0.1, -0.05) is 97.7 Å². The van der Waals surface area contributed by atoms with Crippen LogP contribution < -0.4 is 4.72 Å². The van der Waals surface area contributed by atoms with Gasteiger partial charge < -0.3 is 19.1 Å². The number of amides is 2. The molecule has 2 aliphatic heterocycles. The maximum absolute atomic E-state index is 14.0. The SMILES string of the molecule is C=C(NS(=O)N(C)C)c1ccc2c(CCC)c3n(c2c1)C/C(C(=O)N1CC(C(=O)N(C)C)C1)=C\C/C=C(/OC)C/C=C\C3C.CC.CCCC. The van der Waals surface area contributed by atoms with E-state index in [1.54, 1.807) is 49.4 Å². The number of ether oxygens (including phenoxy) is 1. The van der Waals surface area contributed by atoms with Crippen molar-refractivity contribution in [2.45, 2.75) is 92.5 Å². The molecule has 2 unspecified atom stereocenters. The Labute approximate surface area is 304 Å². The van der Waals surface area contributed by atoms with E-state index in [2.05, 4.69) is 67.8 Å². The first-order chi connectivity index (χ1) is 23.9. The number of nitrogens with one attached hydrogen (secondary N) is 1. The van der Waals surface area contributed by atoms with E-state index in [1.165, 1.54) is 24.1 Å². The predicted molar refractivity (Wildman–Crippen MR) is 211 cm³/mol. The molecule has 9 nitrogen and oxygen atoms in total. The van der Waals surface area contributed by atoms with Crippen LogP contribution >= 0.6 is 0 Å². The van der Waals surface area contributed by atoms with Crippen LogP contribution in [-0.4, -0.2) is 83.1 Å². The monoisotopic (exact) mass is 709 g/mol. The number of unbranched alkanes of at least 4 members (excludes halogenated alkanes) is 1. The Morgan fingerprint density at radius 1 is 1.04 bits per heavy atom. The van der Waals surface area contributed by atoms with E-state index in [4.69, 9.17) is 4.74 Å². The first-order valence-corrected chi connectivity index (χ1v) is 19.3. The highest BCUT2D eigenvalue weighted by Crippen LogP contribution is 2.36. The Bertz CT molecular complexity index is 1560. The summed E-state index contributed by atoms with van der Waals surface area (Å²) in [7, 11) is 8.66. The number of nitrogens with zero attached hydrogens (tertiary/aromatic N) is 4. The van der Waals surface area contributed by atoms with Gasteiger partial charge in [-0.2, -0.15) is 0 Å². The predicted octanol–water partition coefficient (Wildman–Crippen LogP) is 7.58. The van der Waals surface area contributed by atoms with Gasteiger partial charge in [0.25, 0.3) is 5.91 Å². The van der Waals surface area contributed by atoms with Crippen molar-refractivity contribution >= 4 is 39.6 Å². The van der Waals surface area contributed by atoms with Crippen molar-refractivity contribution in [3.63, 3.8) is 0 Å². The molecule has 4 rings (SSSR count). The van der Waals surface area contributed by atoms with Crippen LogP contribution in [0.4, 0.5) is 0 Å². The number of hydrogen-bond acceptors (Lipinski definition) is 4. The fraction of sp³-hybridized carbons (Fsp3) is 0.550. The fourth-order valence-corrected chi connectivity index (χ4v) is 6.42. The Hall–Kier alpha value is -3.63. The fourth-order valence-electron chi connectivity index (χ4n) is 5.91. The van der Waals surface area contributed by atoms with E-state index in [9.17, 15) is 13.8 Å². The van der Waals surface area contributed by atoms with Crippen molar-refractivity contribution < 1.29 is 18.5 Å². The summed E-state index contributed by atoms with van der Waals surface area (Å²) in [6.45, 7) is 18.1. The van der Waals surface area contributed by atoms with Crippen molar-refractivity contribution in [2.75, 3.05) is 48.4 Å². The molecule has 2 aliphatic rings. The molecule has 0 spiro atoms. The first kappa shape index (κ1) is 42.5. The summed E-state index contributed by atoms with van der Waals surface area (Å²) in [6.07, 6.45) is 14.1. The lowest BCUT2D eigenvalue weighted by Gasteiger charge is -2.40. The summed E-state index contributed by atoms with van der Waals surface area (Å²) in [5, 5.41) is 1.14. The smallest absolute Gasteiger partial charge is 0.251 e. The van der Waals surface area contributed by atoms with Crippen LogP contribution in [0.5, 0.6) is 0 Å².